The first-order valence-electron chi connectivity index (χ1n) is 10.0. The standard InChI is InChI=1S/C20H31N3O3S/c1-17-5-7-19(8-6-17)27(25,26)23-15-9-18(10-16-23)20(24)21-11-4-14-22-12-2-3-13-22/h5-8,18H,2-4,9-16H2,1H3,(H,21,24). The SMILES string of the molecule is Cc1ccc(S(=O)(=O)N2CCC(C(=O)NCCCN3CCCC3)CC2)cc1. The van der Waals surface area contributed by atoms with Gasteiger partial charge in [-0.2, -0.15) is 4.31 Å². The predicted octanol–water partition coefficient (Wildman–Crippen LogP) is 2.00. The zero-order valence-corrected chi connectivity index (χ0v) is 17.0. The number of amides is 1. The van der Waals surface area contributed by atoms with Crippen molar-refractivity contribution in [3.8, 4) is 0 Å². The third kappa shape index (κ3) is 5.30. The van der Waals surface area contributed by atoms with E-state index in [1.807, 2.05) is 19.1 Å². The number of aryl methyl sites for hydroxylation is 1. The summed E-state index contributed by atoms with van der Waals surface area (Å²) in [7, 11) is -3.46. The van der Waals surface area contributed by atoms with Crippen LogP contribution in [0, 0.1) is 12.8 Å². The number of hydrogen-bond donors (Lipinski definition) is 1. The van der Waals surface area contributed by atoms with Gasteiger partial charge in [0.15, 0.2) is 0 Å². The van der Waals surface area contributed by atoms with Crippen molar-refractivity contribution in [2.45, 2.75) is 43.9 Å². The summed E-state index contributed by atoms with van der Waals surface area (Å²) in [5, 5.41) is 3.03. The van der Waals surface area contributed by atoms with Gasteiger partial charge in [-0.3, -0.25) is 4.79 Å². The van der Waals surface area contributed by atoms with Gasteiger partial charge in [-0.25, -0.2) is 8.42 Å². The van der Waals surface area contributed by atoms with E-state index < -0.39 is 10.0 Å². The molecular formula is C20H31N3O3S. The van der Waals surface area contributed by atoms with Crippen molar-refractivity contribution in [1.82, 2.24) is 14.5 Å². The first-order chi connectivity index (χ1) is 13.0. The van der Waals surface area contributed by atoms with Crippen LogP contribution < -0.4 is 5.32 Å². The highest BCUT2D eigenvalue weighted by atomic mass is 32.2. The topological polar surface area (TPSA) is 69.7 Å². The van der Waals surface area contributed by atoms with Gasteiger partial charge in [0.1, 0.15) is 0 Å². The summed E-state index contributed by atoms with van der Waals surface area (Å²) in [4.78, 5) is 15.1. The molecule has 1 aromatic rings. The third-order valence-electron chi connectivity index (χ3n) is 5.63. The van der Waals surface area contributed by atoms with Crippen molar-refractivity contribution in [3.05, 3.63) is 29.8 Å². The third-order valence-corrected chi connectivity index (χ3v) is 7.55. The summed E-state index contributed by atoms with van der Waals surface area (Å²) in [6.07, 6.45) is 4.73. The number of carbonyl (C=O) groups excluding carboxylic acids is 1. The number of sulfonamides is 1. The normalized spacial score (nSPS) is 20.0. The highest BCUT2D eigenvalue weighted by Crippen LogP contribution is 2.24. The average Bonchev–Trinajstić information content (AvgIpc) is 3.19. The van der Waals surface area contributed by atoms with E-state index in [1.165, 1.54) is 30.2 Å². The fourth-order valence-corrected chi connectivity index (χ4v) is 5.35. The second kappa shape index (κ2) is 9.17. The van der Waals surface area contributed by atoms with E-state index in [9.17, 15) is 13.2 Å². The van der Waals surface area contributed by atoms with E-state index in [-0.39, 0.29) is 11.8 Å². The quantitative estimate of drug-likeness (QED) is 0.720. The molecule has 2 aliphatic heterocycles. The number of hydrogen-bond acceptors (Lipinski definition) is 4. The maximum Gasteiger partial charge on any atom is 0.243 e. The number of likely N-dealkylation sites (tertiary alicyclic amines) is 1. The Morgan fingerprint density at radius 1 is 1.07 bits per heavy atom. The lowest BCUT2D eigenvalue weighted by atomic mass is 9.97. The van der Waals surface area contributed by atoms with Gasteiger partial charge in [0.05, 0.1) is 4.90 Å². The molecule has 0 atom stereocenters. The first kappa shape index (κ1) is 20.3. The maximum absolute atomic E-state index is 12.7. The van der Waals surface area contributed by atoms with Crippen LogP contribution >= 0.6 is 0 Å². The molecule has 0 radical (unpaired) electrons. The summed E-state index contributed by atoms with van der Waals surface area (Å²) in [5.41, 5.74) is 1.04. The molecule has 7 heteroatoms. The van der Waals surface area contributed by atoms with Crippen molar-refractivity contribution >= 4 is 15.9 Å². The average molecular weight is 394 g/mol. The van der Waals surface area contributed by atoms with Crippen LogP contribution in [0.1, 0.15) is 37.7 Å². The van der Waals surface area contributed by atoms with Crippen molar-refractivity contribution in [1.29, 1.82) is 0 Å². The fourth-order valence-electron chi connectivity index (χ4n) is 3.88. The van der Waals surface area contributed by atoms with Gasteiger partial charge in [-0.1, -0.05) is 17.7 Å². The molecule has 6 nitrogen and oxygen atoms in total. The van der Waals surface area contributed by atoms with Crippen molar-refractivity contribution in [2.24, 2.45) is 5.92 Å². The van der Waals surface area contributed by atoms with Gasteiger partial charge < -0.3 is 10.2 Å². The van der Waals surface area contributed by atoms with Crippen LogP contribution in [-0.2, 0) is 14.8 Å². The molecule has 0 aliphatic carbocycles. The molecule has 1 aromatic carbocycles. The number of piperidine rings is 1. The molecule has 0 spiro atoms. The Bertz CT molecular complexity index is 719. The van der Waals surface area contributed by atoms with E-state index in [0.717, 1.165) is 18.5 Å². The lowest BCUT2D eigenvalue weighted by molar-refractivity contribution is -0.126. The Morgan fingerprint density at radius 2 is 1.70 bits per heavy atom. The zero-order valence-electron chi connectivity index (χ0n) is 16.2. The smallest absolute Gasteiger partial charge is 0.243 e. The van der Waals surface area contributed by atoms with Gasteiger partial charge in [0.25, 0.3) is 0 Å². The van der Waals surface area contributed by atoms with Crippen LogP contribution in [0.4, 0.5) is 0 Å². The van der Waals surface area contributed by atoms with Gasteiger partial charge in [0.2, 0.25) is 15.9 Å². The number of nitrogens with one attached hydrogen (secondary N) is 1. The molecule has 2 aliphatic rings. The molecule has 1 N–H and O–H groups in total. The van der Waals surface area contributed by atoms with Crippen LogP contribution in [0.2, 0.25) is 0 Å². The molecule has 0 aromatic heterocycles. The van der Waals surface area contributed by atoms with Gasteiger partial charge in [-0.15, -0.1) is 0 Å². The summed E-state index contributed by atoms with van der Waals surface area (Å²) in [5.74, 6) is -0.00920. The molecule has 2 fully saturated rings. The van der Waals surface area contributed by atoms with Crippen LogP contribution in [0.3, 0.4) is 0 Å². The number of carbonyl (C=O) groups is 1. The Kier molecular flexibility index (Phi) is 6.89. The minimum atomic E-state index is -3.46. The second-order valence-corrected chi connectivity index (χ2v) is 9.62. The lowest BCUT2D eigenvalue weighted by Crippen LogP contribution is -2.43. The largest absolute Gasteiger partial charge is 0.356 e. The van der Waals surface area contributed by atoms with E-state index in [0.29, 0.717) is 37.4 Å². The second-order valence-electron chi connectivity index (χ2n) is 7.68. The molecule has 150 valence electrons. The molecule has 2 heterocycles. The van der Waals surface area contributed by atoms with Crippen LogP contribution in [0.15, 0.2) is 29.2 Å². The van der Waals surface area contributed by atoms with Gasteiger partial charge in [-0.05, 0) is 70.8 Å². The molecule has 2 saturated heterocycles. The molecule has 0 saturated carbocycles. The van der Waals surface area contributed by atoms with Crippen LogP contribution in [0.5, 0.6) is 0 Å². The molecular weight excluding hydrogens is 362 g/mol. The first-order valence-corrected chi connectivity index (χ1v) is 11.5. The fraction of sp³-hybridized carbons (Fsp3) is 0.650. The van der Waals surface area contributed by atoms with Crippen molar-refractivity contribution in [3.63, 3.8) is 0 Å². The number of nitrogens with zero attached hydrogens (tertiary/aromatic N) is 2. The van der Waals surface area contributed by atoms with E-state index in [2.05, 4.69) is 10.2 Å². The van der Waals surface area contributed by atoms with Crippen LogP contribution in [-0.4, -0.2) is 62.8 Å². The highest BCUT2D eigenvalue weighted by molar-refractivity contribution is 7.89. The zero-order chi connectivity index (χ0) is 19.3. The predicted molar refractivity (Wildman–Crippen MR) is 106 cm³/mol. The molecule has 27 heavy (non-hydrogen) atoms. The number of rotatable bonds is 7. The molecule has 1 amide bonds. The van der Waals surface area contributed by atoms with Crippen molar-refractivity contribution in [2.75, 3.05) is 39.3 Å². The van der Waals surface area contributed by atoms with Crippen LogP contribution in [0.25, 0.3) is 0 Å². The monoisotopic (exact) mass is 393 g/mol. The number of benzene rings is 1. The van der Waals surface area contributed by atoms with Gasteiger partial charge >= 0.3 is 0 Å². The Morgan fingerprint density at radius 3 is 2.33 bits per heavy atom. The summed E-state index contributed by atoms with van der Waals surface area (Å²) in [6, 6.07) is 6.94. The Balaban J connectivity index is 1.42. The lowest BCUT2D eigenvalue weighted by Gasteiger charge is -2.30. The Labute approximate surface area is 163 Å². The Hall–Kier alpha value is -1.44. The highest BCUT2D eigenvalue weighted by Gasteiger charge is 2.31. The molecule has 3 rings (SSSR count). The van der Waals surface area contributed by atoms with Crippen molar-refractivity contribution < 1.29 is 13.2 Å². The summed E-state index contributed by atoms with van der Waals surface area (Å²) < 4.78 is 27.0. The molecule has 0 unspecified atom stereocenters. The molecule has 0 bridgehead atoms. The van der Waals surface area contributed by atoms with E-state index in [1.54, 1.807) is 12.1 Å². The maximum atomic E-state index is 12.7. The summed E-state index contributed by atoms with van der Waals surface area (Å²) >= 11 is 0. The van der Waals surface area contributed by atoms with E-state index >= 15 is 0 Å². The minimum Gasteiger partial charge on any atom is -0.356 e. The summed E-state index contributed by atoms with van der Waals surface area (Å²) in [6.45, 7) is 6.87. The van der Waals surface area contributed by atoms with Gasteiger partial charge in [0, 0.05) is 25.6 Å². The van der Waals surface area contributed by atoms with E-state index in [4.69, 9.17) is 0 Å². The minimum absolute atomic E-state index is 0.0730.